The predicted octanol–water partition coefficient (Wildman–Crippen LogP) is 2.70. The zero-order valence-corrected chi connectivity index (χ0v) is 12.6. The van der Waals surface area contributed by atoms with Gasteiger partial charge < -0.3 is 9.64 Å². The van der Waals surface area contributed by atoms with Gasteiger partial charge in [-0.2, -0.15) is 0 Å². The minimum absolute atomic E-state index is 0.00906. The molecule has 2 aromatic rings. The molecule has 0 radical (unpaired) electrons. The molecule has 4 nitrogen and oxygen atoms in total. The van der Waals surface area contributed by atoms with Crippen LogP contribution in [-0.4, -0.2) is 47.0 Å². The minimum atomic E-state index is -0.102. The summed E-state index contributed by atoms with van der Waals surface area (Å²) in [5, 5.41) is 0.971. The molecule has 1 aliphatic rings. The topological polar surface area (TPSA) is 42.4 Å². The number of pyridine rings is 1. The molecule has 2 unspecified atom stereocenters. The number of hydrogen-bond acceptors (Lipinski definition) is 3. The maximum Gasteiger partial charge on any atom is 0.256 e. The highest BCUT2D eigenvalue weighted by atomic mass is 35.5. The second-order valence-corrected chi connectivity index (χ2v) is 5.61. The second-order valence-electron chi connectivity index (χ2n) is 5.30. The van der Waals surface area contributed by atoms with Gasteiger partial charge in [-0.3, -0.25) is 9.78 Å². The fraction of sp³-hybridized carbons (Fsp3) is 0.375. The van der Waals surface area contributed by atoms with Gasteiger partial charge in [0.15, 0.2) is 0 Å². The summed E-state index contributed by atoms with van der Waals surface area (Å²) in [7, 11) is 0. The van der Waals surface area contributed by atoms with Crippen LogP contribution in [0.15, 0.2) is 36.5 Å². The van der Waals surface area contributed by atoms with E-state index >= 15 is 0 Å². The Balaban J connectivity index is 1.96. The summed E-state index contributed by atoms with van der Waals surface area (Å²) in [6.07, 6.45) is 1.61. The van der Waals surface area contributed by atoms with Crippen molar-refractivity contribution in [2.75, 3.05) is 19.0 Å². The van der Waals surface area contributed by atoms with E-state index in [1.165, 1.54) is 0 Å². The van der Waals surface area contributed by atoms with Gasteiger partial charge in [0.05, 0.1) is 35.7 Å². The molecular weight excluding hydrogens is 288 g/mol. The third kappa shape index (κ3) is 2.74. The first-order chi connectivity index (χ1) is 10.2. The van der Waals surface area contributed by atoms with E-state index < -0.39 is 0 Å². The molecule has 1 aromatic heterocycles. The number of carbonyl (C=O) groups excluding carboxylic acids is 1. The number of para-hydroxylation sites is 1. The molecule has 0 saturated carbocycles. The van der Waals surface area contributed by atoms with Crippen molar-refractivity contribution in [3.63, 3.8) is 0 Å². The molecule has 1 saturated heterocycles. The van der Waals surface area contributed by atoms with Crippen molar-refractivity contribution in [3.8, 4) is 0 Å². The van der Waals surface area contributed by atoms with Gasteiger partial charge >= 0.3 is 0 Å². The first kappa shape index (κ1) is 14.3. The van der Waals surface area contributed by atoms with E-state index in [0.717, 1.165) is 10.9 Å². The van der Waals surface area contributed by atoms with Crippen LogP contribution in [0.4, 0.5) is 0 Å². The number of benzene rings is 1. The van der Waals surface area contributed by atoms with Crippen molar-refractivity contribution >= 4 is 28.4 Å². The van der Waals surface area contributed by atoms with Gasteiger partial charge in [-0.1, -0.05) is 18.2 Å². The van der Waals surface area contributed by atoms with E-state index in [0.29, 0.717) is 24.6 Å². The summed E-state index contributed by atoms with van der Waals surface area (Å²) in [4.78, 5) is 19.1. The number of ether oxygens (including phenoxy) is 1. The first-order valence-corrected chi connectivity index (χ1v) is 7.56. The second kappa shape index (κ2) is 6.00. The van der Waals surface area contributed by atoms with E-state index in [1.807, 2.05) is 42.2 Å². The van der Waals surface area contributed by atoms with Gasteiger partial charge in [0.25, 0.3) is 5.91 Å². The molecular formula is C16H17ClN2O2. The van der Waals surface area contributed by atoms with Crippen LogP contribution < -0.4 is 0 Å². The molecule has 0 bridgehead atoms. The van der Waals surface area contributed by atoms with Crippen molar-refractivity contribution in [1.82, 2.24) is 9.88 Å². The molecule has 3 rings (SSSR count). The zero-order chi connectivity index (χ0) is 14.8. The summed E-state index contributed by atoms with van der Waals surface area (Å²) in [6.45, 7) is 3.02. The molecule has 2 atom stereocenters. The van der Waals surface area contributed by atoms with Crippen molar-refractivity contribution in [1.29, 1.82) is 0 Å². The largest absolute Gasteiger partial charge is 0.373 e. The number of hydrogen-bond donors (Lipinski definition) is 0. The fourth-order valence-electron chi connectivity index (χ4n) is 2.63. The molecule has 1 aliphatic heterocycles. The minimum Gasteiger partial charge on any atom is -0.373 e. The average molecular weight is 305 g/mol. The number of alkyl halides is 1. The SMILES string of the molecule is CC1COC(CCl)CN1C(=O)c1cccc2cccnc12. The molecule has 21 heavy (non-hydrogen) atoms. The molecule has 110 valence electrons. The highest BCUT2D eigenvalue weighted by Crippen LogP contribution is 2.21. The summed E-state index contributed by atoms with van der Waals surface area (Å²) in [5.74, 6) is 0.384. The standard InChI is InChI=1S/C16H17ClN2O2/c1-11-10-21-13(8-17)9-19(11)16(20)14-6-2-4-12-5-3-7-18-15(12)14/h2-7,11,13H,8-10H2,1H3. The Morgan fingerprint density at radius 2 is 2.24 bits per heavy atom. The maximum atomic E-state index is 12.9. The van der Waals surface area contributed by atoms with Gasteiger partial charge in [0, 0.05) is 18.1 Å². The van der Waals surface area contributed by atoms with E-state index in [4.69, 9.17) is 16.3 Å². The van der Waals surface area contributed by atoms with Gasteiger partial charge in [-0.25, -0.2) is 0 Å². The number of amides is 1. The van der Waals surface area contributed by atoms with E-state index in [-0.39, 0.29) is 18.1 Å². The number of halogens is 1. The van der Waals surface area contributed by atoms with E-state index in [9.17, 15) is 4.79 Å². The Hall–Kier alpha value is -1.65. The third-order valence-electron chi connectivity index (χ3n) is 3.80. The summed E-state index contributed by atoms with van der Waals surface area (Å²) >= 11 is 5.86. The van der Waals surface area contributed by atoms with Gasteiger partial charge in [0.2, 0.25) is 0 Å². The lowest BCUT2D eigenvalue weighted by Gasteiger charge is -2.37. The lowest BCUT2D eigenvalue weighted by atomic mass is 10.1. The van der Waals surface area contributed by atoms with Crippen LogP contribution in [0, 0.1) is 0 Å². The maximum absolute atomic E-state index is 12.9. The number of rotatable bonds is 2. The highest BCUT2D eigenvalue weighted by molar-refractivity contribution is 6.18. The van der Waals surface area contributed by atoms with Crippen LogP contribution >= 0.6 is 11.6 Å². The summed E-state index contributed by atoms with van der Waals surface area (Å²) in [5.41, 5.74) is 1.38. The molecule has 1 amide bonds. The predicted molar refractivity (Wildman–Crippen MR) is 82.7 cm³/mol. The smallest absolute Gasteiger partial charge is 0.256 e. The lowest BCUT2D eigenvalue weighted by Crippen LogP contribution is -2.51. The van der Waals surface area contributed by atoms with Crippen LogP contribution in [0.25, 0.3) is 10.9 Å². The van der Waals surface area contributed by atoms with E-state index in [2.05, 4.69) is 4.98 Å². The molecule has 1 aromatic carbocycles. The van der Waals surface area contributed by atoms with Crippen molar-refractivity contribution < 1.29 is 9.53 Å². The monoisotopic (exact) mass is 304 g/mol. The third-order valence-corrected chi connectivity index (χ3v) is 4.15. The van der Waals surface area contributed by atoms with Crippen LogP contribution in [-0.2, 0) is 4.74 Å². The Morgan fingerprint density at radius 1 is 1.43 bits per heavy atom. The Kier molecular flexibility index (Phi) is 4.08. The number of fused-ring (bicyclic) bond motifs is 1. The van der Waals surface area contributed by atoms with Crippen molar-refractivity contribution in [3.05, 3.63) is 42.1 Å². The molecule has 5 heteroatoms. The van der Waals surface area contributed by atoms with E-state index in [1.54, 1.807) is 6.20 Å². The molecule has 0 N–H and O–H groups in total. The Labute approximate surface area is 128 Å². The number of morpholine rings is 1. The van der Waals surface area contributed by atoms with Crippen LogP contribution in [0.2, 0.25) is 0 Å². The van der Waals surface area contributed by atoms with Crippen LogP contribution in [0.3, 0.4) is 0 Å². The van der Waals surface area contributed by atoms with Gasteiger partial charge in [-0.05, 0) is 19.1 Å². The molecule has 0 aliphatic carbocycles. The van der Waals surface area contributed by atoms with Crippen LogP contribution in [0.5, 0.6) is 0 Å². The van der Waals surface area contributed by atoms with Gasteiger partial charge in [0.1, 0.15) is 0 Å². The summed E-state index contributed by atoms with van der Waals surface area (Å²) in [6, 6.07) is 9.55. The van der Waals surface area contributed by atoms with Crippen molar-refractivity contribution in [2.45, 2.75) is 19.1 Å². The van der Waals surface area contributed by atoms with Crippen molar-refractivity contribution in [2.24, 2.45) is 0 Å². The van der Waals surface area contributed by atoms with Crippen LogP contribution in [0.1, 0.15) is 17.3 Å². The molecule has 1 fully saturated rings. The molecule has 0 spiro atoms. The number of aromatic nitrogens is 1. The quantitative estimate of drug-likeness (QED) is 0.801. The lowest BCUT2D eigenvalue weighted by molar-refractivity contribution is -0.0371. The zero-order valence-electron chi connectivity index (χ0n) is 11.8. The Bertz CT molecular complexity index is 656. The number of nitrogens with zero attached hydrogens (tertiary/aromatic N) is 2. The highest BCUT2D eigenvalue weighted by Gasteiger charge is 2.30. The number of carbonyl (C=O) groups is 1. The Morgan fingerprint density at radius 3 is 3.05 bits per heavy atom. The normalized spacial score (nSPS) is 22.5. The fourth-order valence-corrected chi connectivity index (χ4v) is 2.81. The average Bonchev–Trinajstić information content (AvgIpc) is 2.54. The molecule has 2 heterocycles. The first-order valence-electron chi connectivity index (χ1n) is 7.03. The summed E-state index contributed by atoms with van der Waals surface area (Å²) < 4.78 is 5.60. The van der Waals surface area contributed by atoms with Gasteiger partial charge in [-0.15, -0.1) is 11.6 Å².